The third-order valence-corrected chi connectivity index (χ3v) is 4.88. The number of carbonyl (C=O) groups excluding carboxylic acids is 1. The van der Waals surface area contributed by atoms with Gasteiger partial charge < -0.3 is 5.32 Å². The van der Waals surface area contributed by atoms with Crippen molar-refractivity contribution < 1.29 is 4.79 Å². The summed E-state index contributed by atoms with van der Waals surface area (Å²) < 4.78 is 0. The zero-order chi connectivity index (χ0) is 18.5. The molecule has 1 aliphatic rings. The van der Waals surface area contributed by atoms with Crippen LogP contribution in [0.3, 0.4) is 0 Å². The van der Waals surface area contributed by atoms with Crippen molar-refractivity contribution in [2.75, 3.05) is 0 Å². The Balaban J connectivity index is 1.49. The van der Waals surface area contributed by atoms with E-state index in [1.54, 1.807) is 12.4 Å². The smallest absolute Gasteiger partial charge is 0.239 e. The minimum absolute atomic E-state index is 0.0217. The number of nitrogens with zero attached hydrogens (tertiary/aromatic N) is 1. The van der Waals surface area contributed by atoms with E-state index in [0.717, 1.165) is 11.1 Å². The summed E-state index contributed by atoms with van der Waals surface area (Å²) in [5, 5.41) is 3.19. The Morgan fingerprint density at radius 2 is 1.52 bits per heavy atom. The van der Waals surface area contributed by atoms with Crippen molar-refractivity contribution in [1.82, 2.24) is 21.2 Å². The normalized spacial score (nSPS) is 20.1. The van der Waals surface area contributed by atoms with Gasteiger partial charge in [0.05, 0.1) is 6.04 Å². The van der Waals surface area contributed by atoms with E-state index in [-0.39, 0.29) is 24.0 Å². The van der Waals surface area contributed by atoms with Crippen LogP contribution in [0.4, 0.5) is 0 Å². The van der Waals surface area contributed by atoms with Gasteiger partial charge in [-0.15, -0.1) is 0 Å². The molecule has 0 aliphatic carbocycles. The van der Waals surface area contributed by atoms with E-state index in [1.807, 2.05) is 60.7 Å². The largest absolute Gasteiger partial charge is 0.344 e. The van der Waals surface area contributed by atoms with Crippen molar-refractivity contribution in [2.24, 2.45) is 0 Å². The van der Waals surface area contributed by atoms with Gasteiger partial charge in [0.2, 0.25) is 5.91 Å². The maximum atomic E-state index is 13.0. The molecule has 1 amide bonds. The Kier molecular flexibility index (Phi) is 5.23. The Morgan fingerprint density at radius 3 is 2.22 bits per heavy atom. The van der Waals surface area contributed by atoms with E-state index in [0.29, 0.717) is 6.42 Å². The van der Waals surface area contributed by atoms with Crippen LogP contribution in [0, 0.1) is 0 Å². The molecule has 136 valence electrons. The van der Waals surface area contributed by atoms with E-state index < -0.39 is 0 Å². The first-order valence-corrected chi connectivity index (χ1v) is 9.12. The van der Waals surface area contributed by atoms with Gasteiger partial charge >= 0.3 is 0 Å². The lowest BCUT2D eigenvalue weighted by Crippen LogP contribution is -2.44. The summed E-state index contributed by atoms with van der Waals surface area (Å²) in [4.78, 5) is 17.0. The van der Waals surface area contributed by atoms with Crippen LogP contribution < -0.4 is 16.2 Å². The fourth-order valence-electron chi connectivity index (χ4n) is 3.44. The SMILES string of the molecule is O=C(NC(c1ccccc1)c1ccncc1)C1CC(c2ccccc2)NN1. The summed E-state index contributed by atoms with van der Waals surface area (Å²) in [6.07, 6.45) is 4.20. The van der Waals surface area contributed by atoms with Gasteiger partial charge in [-0.3, -0.25) is 9.78 Å². The lowest BCUT2D eigenvalue weighted by atomic mass is 9.98. The zero-order valence-electron chi connectivity index (χ0n) is 14.9. The Morgan fingerprint density at radius 1 is 0.889 bits per heavy atom. The molecule has 2 heterocycles. The highest BCUT2D eigenvalue weighted by atomic mass is 16.2. The van der Waals surface area contributed by atoms with Crippen molar-refractivity contribution in [3.63, 3.8) is 0 Å². The predicted octanol–water partition coefficient (Wildman–Crippen LogP) is 2.90. The number of benzene rings is 2. The quantitative estimate of drug-likeness (QED) is 0.656. The summed E-state index contributed by atoms with van der Waals surface area (Å²) in [5.74, 6) is -0.0217. The van der Waals surface area contributed by atoms with Crippen LogP contribution in [0.15, 0.2) is 85.2 Å². The molecule has 3 N–H and O–H groups in total. The number of amides is 1. The molecule has 0 saturated carbocycles. The lowest BCUT2D eigenvalue weighted by molar-refractivity contribution is -0.123. The number of hydrogen-bond donors (Lipinski definition) is 3. The van der Waals surface area contributed by atoms with E-state index in [9.17, 15) is 4.79 Å². The summed E-state index contributed by atoms with van der Waals surface area (Å²) >= 11 is 0. The van der Waals surface area contributed by atoms with Crippen molar-refractivity contribution in [3.05, 3.63) is 102 Å². The van der Waals surface area contributed by atoms with Crippen LogP contribution in [-0.4, -0.2) is 16.9 Å². The molecule has 0 bridgehead atoms. The summed E-state index contributed by atoms with van der Waals surface area (Å²) in [6.45, 7) is 0. The van der Waals surface area contributed by atoms with Gasteiger partial charge in [-0.1, -0.05) is 60.7 Å². The molecule has 2 aromatic carbocycles. The topological polar surface area (TPSA) is 66.0 Å². The first kappa shape index (κ1) is 17.4. The van der Waals surface area contributed by atoms with Gasteiger partial charge in [0.15, 0.2) is 0 Å². The van der Waals surface area contributed by atoms with E-state index >= 15 is 0 Å². The van der Waals surface area contributed by atoms with Crippen molar-refractivity contribution >= 4 is 5.91 Å². The second kappa shape index (κ2) is 8.12. The molecule has 3 unspecified atom stereocenters. The first-order chi connectivity index (χ1) is 13.3. The number of hydrazine groups is 1. The standard InChI is InChI=1S/C22H22N4O/c27-22(20-15-19(25-26-20)16-7-3-1-4-8-16)24-21(17-9-5-2-6-10-17)18-11-13-23-14-12-18/h1-14,19-21,25-26H,15H2,(H,24,27). The fraction of sp³-hybridized carbons (Fsp3) is 0.182. The molecule has 1 saturated heterocycles. The first-order valence-electron chi connectivity index (χ1n) is 9.12. The van der Waals surface area contributed by atoms with Gasteiger partial charge in [-0.2, -0.15) is 0 Å². The van der Waals surface area contributed by atoms with Crippen molar-refractivity contribution in [2.45, 2.75) is 24.5 Å². The highest BCUT2D eigenvalue weighted by Gasteiger charge is 2.31. The molecule has 1 aliphatic heterocycles. The second-order valence-electron chi connectivity index (χ2n) is 6.67. The van der Waals surface area contributed by atoms with Crippen molar-refractivity contribution in [3.8, 4) is 0 Å². The minimum atomic E-state index is -0.289. The summed E-state index contributed by atoms with van der Waals surface area (Å²) in [6, 6.07) is 23.7. The molecule has 1 aromatic heterocycles. The highest BCUT2D eigenvalue weighted by Crippen LogP contribution is 2.25. The second-order valence-corrected chi connectivity index (χ2v) is 6.67. The number of carbonyl (C=O) groups is 1. The zero-order valence-corrected chi connectivity index (χ0v) is 14.9. The lowest BCUT2D eigenvalue weighted by Gasteiger charge is -2.21. The van der Waals surface area contributed by atoms with Crippen LogP contribution in [0.2, 0.25) is 0 Å². The molecular weight excluding hydrogens is 336 g/mol. The molecule has 0 radical (unpaired) electrons. The van der Waals surface area contributed by atoms with Crippen LogP contribution >= 0.6 is 0 Å². The van der Waals surface area contributed by atoms with E-state index in [4.69, 9.17) is 0 Å². The molecule has 27 heavy (non-hydrogen) atoms. The molecule has 5 heteroatoms. The average molecular weight is 358 g/mol. The van der Waals surface area contributed by atoms with Gasteiger partial charge in [0.1, 0.15) is 6.04 Å². The average Bonchev–Trinajstić information content (AvgIpc) is 3.24. The Labute approximate surface area is 158 Å². The van der Waals surface area contributed by atoms with E-state index in [2.05, 4.69) is 33.3 Å². The highest BCUT2D eigenvalue weighted by molar-refractivity contribution is 5.83. The minimum Gasteiger partial charge on any atom is -0.344 e. The Bertz CT molecular complexity index is 831. The Hall–Kier alpha value is -3.02. The number of nitrogens with one attached hydrogen (secondary N) is 3. The number of hydrogen-bond acceptors (Lipinski definition) is 4. The van der Waals surface area contributed by atoms with Gasteiger partial charge in [0, 0.05) is 18.4 Å². The van der Waals surface area contributed by atoms with Gasteiger partial charge in [-0.25, -0.2) is 10.9 Å². The number of pyridine rings is 1. The number of aromatic nitrogens is 1. The van der Waals surface area contributed by atoms with Crippen molar-refractivity contribution in [1.29, 1.82) is 0 Å². The van der Waals surface area contributed by atoms with E-state index in [1.165, 1.54) is 5.56 Å². The fourth-order valence-corrected chi connectivity index (χ4v) is 3.44. The predicted molar refractivity (Wildman–Crippen MR) is 105 cm³/mol. The third-order valence-electron chi connectivity index (χ3n) is 4.88. The summed E-state index contributed by atoms with van der Waals surface area (Å²) in [7, 11) is 0. The molecule has 3 atom stereocenters. The molecule has 5 nitrogen and oxygen atoms in total. The van der Waals surface area contributed by atoms with Crippen LogP contribution in [0.1, 0.15) is 35.2 Å². The van der Waals surface area contributed by atoms with Gasteiger partial charge in [-0.05, 0) is 35.2 Å². The maximum absolute atomic E-state index is 13.0. The van der Waals surface area contributed by atoms with Gasteiger partial charge in [0.25, 0.3) is 0 Å². The van der Waals surface area contributed by atoms with Crippen LogP contribution in [0.25, 0.3) is 0 Å². The third kappa shape index (κ3) is 4.05. The summed E-state index contributed by atoms with van der Waals surface area (Å²) in [5.41, 5.74) is 9.60. The maximum Gasteiger partial charge on any atom is 0.239 e. The van der Waals surface area contributed by atoms with Crippen LogP contribution in [0.5, 0.6) is 0 Å². The monoisotopic (exact) mass is 358 g/mol. The van der Waals surface area contributed by atoms with Crippen LogP contribution in [-0.2, 0) is 4.79 Å². The molecule has 4 rings (SSSR count). The molecule has 1 fully saturated rings. The molecular formula is C22H22N4O. The molecule has 3 aromatic rings. The number of rotatable bonds is 5. The molecule has 0 spiro atoms.